The summed E-state index contributed by atoms with van der Waals surface area (Å²) in [6.07, 6.45) is 0.748. The van der Waals surface area contributed by atoms with Gasteiger partial charge in [-0.3, -0.25) is 9.59 Å². The van der Waals surface area contributed by atoms with Crippen LogP contribution in [0.2, 0.25) is 0 Å². The zero-order chi connectivity index (χ0) is 20.1. The molecule has 0 spiro atoms. The number of benzene rings is 1. The molecule has 0 bridgehead atoms. The zero-order valence-corrected chi connectivity index (χ0v) is 17.8. The van der Waals surface area contributed by atoms with Gasteiger partial charge < -0.3 is 19.3 Å². The quantitative estimate of drug-likeness (QED) is 0.678. The van der Waals surface area contributed by atoms with Gasteiger partial charge in [0.15, 0.2) is 11.5 Å². The zero-order valence-electron chi connectivity index (χ0n) is 17.0. The molecule has 1 aliphatic rings. The second-order valence-corrected chi connectivity index (χ2v) is 8.47. The maximum absolute atomic E-state index is 12.7. The molecule has 0 aromatic heterocycles. The normalized spacial score (nSPS) is 19.5. The largest absolute Gasteiger partial charge is 0.493 e. The average Bonchev–Trinajstić information content (AvgIpc) is 2.94. The Morgan fingerprint density at radius 1 is 1.26 bits per heavy atom. The molecule has 2 rings (SSSR count). The Morgan fingerprint density at radius 3 is 2.52 bits per heavy atom. The molecule has 1 aliphatic heterocycles. The maximum atomic E-state index is 12.7. The van der Waals surface area contributed by atoms with Gasteiger partial charge in [-0.1, -0.05) is 19.9 Å². The minimum absolute atomic E-state index is 0.0153. The lowest BCUT2D eigenvalue weighted by atomic mass is 10.1. The van der Waals surface area contributed by atoms with Crippen molar-refractivity contribution in [2.45, 2.75) is 37.8 Å². The third kappa shape index (κ3) is 4.89. The summed E-state index contributed by atoms with van der Waals surface area (Å²) in [6, 6.07) is 5.78. The summed E-state index contributed by atoms with van der Waals surface area (Å²) in [5.41, 5.74) is 1.02. The molecule has 0 aliphatic carbocycles. The first kappa shape index (κ1) is 21.4. The lowest BCUT2D eigenvalue weighted by Crippen LogP contribution is -2.35. The summed E-state index contributed by atoms with van der Waals surface area (Å²) < 4.78 is 10.7. The molecule has 1 aromatic carbocycles. The fraction of sp³-hybridized carbons (Fsp3) is 0.600. The number of carbonyl (C=O) groups is 2. The van der Waals surface area contributed by atoms with Crippen molar-refractivity contribution >= 4 is 23.6 Å². The molecule has 0 N–H and O–H groups in total. The van der Waals surface area contributed by atoms with Crippen molar-refractivity contribution in [3.05, 3.63) is 23.8 Å². The Morgan fingerprint density at radius 2 is 1.93 bits per heavy atom. The van der Waals surface area contributed by atoms with Gasteiger partial charge >= 0.3 is 0 Å². The molecule has 1 aromatic rings. The van der Waals surface area contributed by atoms with Crippen molar-refractivity contribution < 1.29 is 19.1 Å². The standard InChI is InChI=1S/C20H30N2O4S/c1-13(2)18(23)21(4)10-7-11-22-19(24)14(3)27-20(22)15-8-9-16(25-5)17(12-15)26-6/h8-9,12-14,20H,7,10-11H2,1-6H3. The molecule has 150 valence electrons. The predicted octanol–water partition coefficient (Wildman–Crippen LogP) is 3.17. The van der Waals surface area contributed by atoms with Crippen LogP contribution >= 0.6 is 11.8 Å². The van der Waals surface area contributed by atoms with Gasteiger partial charge in [-0.25, -0.2) is 0 Å². The van der Waals surface area contributed by atoms with Crippen LogP contribution in [-0.2, 0) is 9.59 Å². The Hall–Kier alpha value is -1.89. The first-order valence-corrected chi connectivity index (χ1v) is 10.2. The van der Waals surface area contributed by atoms with Crippen molar-refractivity contribution in [1.29, 1.82) is 0 Å². The van der Waals surface area contributed by atoms with E-state index in [-0.39, 0.29) is 28.4 Å². The van der Waals surface area contributed by atoms with Crippen LogP contribution in [0.25, 0.3) is 0 Å². The van der Waals surface area contributed by atoms with Gasteiger partial charge in [-0.2, -0.15) is 0 Å². The van der Waals surface area contributed by atoms with Crippen LogP contribution in [0.5, 0.6) is 11.5 Å². The predicted molar refractivity (Wildman–Crippen MR) is 108 cm³/mol. The smallest absolute Gasteiger partial charge is 0.236 e. The summed E-state index contributed by atoms with van der Waals surface area (Å²) in [6.45, 7) is 6.99. The minimum Gasteiger partial charge on any atom is -0.493 e. The fourth-order valence-electron chi connectivity index (χ4n) is 3.20. The third-order valence-electron chi connectivity index (χ3n) is 4.70. The van der Waals surface area contributed by atoms with Crippen LogP contribution in [-0.4, -0.2) is 61.2 Å². The van der Waals surface area contributed by atoms with E-state index in [2.05, 4.69) is 0 Å². The highest BCUT2D eigenvalue weighted by Gasteiger charge is 2.38. The maximum Gasteiger partial charge on any atom is 0.236 e. The lowest BCUT2D eigenvalue weighted by molar-refractivity contribution is -0.133. The van der Waals surface area contributed by atoms with Crippen LogP contribution in [0.4, 0.5) is 0 Å². The molecule has 0 radical (unpaired) electrons. The first-order chi connectivity index (χ1) is 12.8. The SMILES string of the molecule is COc1ccc(C2SC(C)C(=O)N2CCCN(C)C(=O)C(C)C)cc1OC. The molecule has 2 amide bonds. The van der Waals surface area contributed by atoms with Crippen molar-refractivity contribution in [3.8, 4) is 11.5 Å². The number of rotatable bonds is 8. The highest BCUT2D eigenvalue weighted by atomic mass is 32.2. The topological polar surface area (TPSA) is 59.1 Å². The van der Waals surface area contributed by atoms with Gasteiger partial charge in [-0.05, 0) is 31.0 Å². The highest BCUT2D eigenvalue weighted by molar-refractivity contribution is 8.01. The summed E-state index contributed by atoms with van der Waals surface area (Å²) in [4.78, 5) is 28.3. The Labute approximate surface area is 166 Å². The number of methoxy groups -OCH3 is 2. The summed E-state index contributed by atoms with van der Waals surface area (Å²) in [5, 5.41) is -0.142. The third-order valence-corrected chi connectivity index (χ3v) is 6.10. The molecular weight excluding hydrogens is 364 g/mol. The summed E-state index contributed by atoms with van der Waals surface area (Å²) in [5.74, 6) is 1.58. The molecule has 1 heterocycles. The van der Waals surface area contributed by atoms with E-state index in [1.807, 2.05) is 50.9 Å². The van der Waals surface area contributed by atoms with E-state index in [1.54, 1.807) is 30.9 Å². The van der Waals surface area contributed by atoms with E-state index in [0.717, 1.165) is 12.0 Å². The molecule has 27 heavy (non-hydrogen) atoms. The number of hydrogen-bond donors (Lipinski definition) is 0. The minimum atomic E-state index is -0.0851. The lowest BCUT2D eigenvalue weighted by Gasteiger charge is -2.26. The van der Waals surface area contributed by atoms with Gasteiger partial charge in [-0.15, -0.1) is 11.8 Å². The van der Waals surface area contributed by atoms with E-state index in [1.165, 1.54) is 0 Å². The van der Waals surface area contributed by atoms with Crippen LogP contribution < -0.4 is 9.47 Å². The fourth-order valence-corrected chi connectivity index (χ4v) is 4.49. The van der Waals surface area contributed by atoms with Crippen LogP contribution in [0, 0.1) is 5.92 Å². The van der Waals surface area contributed by atoms with Crippen LogP contribution in [0.3, 0.4) is 0 Å². The summed E-state index contributed by atoms with van der Waals surface area (Å²) >= 11 is 1.64. The van der Waals surface area contributed by atoms with E-state index in [0.29, 0.717) is 24.6 Å². The van der Waals surface area contributed by atoms with Gasteiger partial charge in [0.1, 0.15) is 5.37 Å². The van der Waals surface area contributed by atoms with Gasteiger partial charge in [0.05, 0.1) is 19.5 Å². The van der Waals surface area contributed by atoms with E-state index >= 15 is 0 Å². The Bertz CT molecular complexity index is 680. The number of ether oxygens (including phenoxy) is 2. The molecule has 2 atom stereocenters. The van der Waals surface area contributed by atoms with Crippen molar-refractivity contribution in [2.24, 2.45) is 5.92 Å². The molecular formula is C20H30N2O4S. The second kappa shape index (κ2) is 9.35. The highest BCUT2D eigenvalue weighted by Crippen LogP contribution is 2.44. The van der Waals surface area contributed by atoms with Crippen molar-refractivity contribution in [3.63, 3.8) is 0 Å². The monoisotopic (exact) mass is 394 g/mol. The molecule has 1 saturated heterocycles. The van der Waals surface area contributed by atoms with E-state index in [9.17, 15) is 9.59 Å². The Kier molecular flexibility index (Phi) is 7.41. The van der Waals surface area contributed by atoms with E-state index < -0.39 is 0 Å². The van der Waals surface area contributed by atoms with Gasteiger partial charge in [0.2, 0.25) is 11.8 Å². The Balaban J connectivity index is 2.10. The molecule has 2 unspecified atom stereocenters. The number of hydrogen-bond acceptors (Lipinski definition) is 5. The second-order valence-electron chi connectivity index (χ2n) is 7.04. The number of carbonyl (C=O) groups excluding carboxylic acids is 2. The first-order valence-electron chi connectivity index (χ1n) is 9.23. The molecule has 1 fully saturated rings. The van der Waals surface area contributed by atoms with Crippen molar-refractivity contribution in [2.75, 3.05) is 34.4 Å². The summed E-state index contributed by atoms with van der Waals surface area (Å²) in [7, 11) is 5.03. The van der Waals surface area contributed by atoms with E-state index in [4.69, 9.17) is 9.47 Å². The number of thioether (sulfide) groups is 1. The van der Waals surface area contributed by atoms with Gasteiger partial charge in [0, 0.05) is 26.1 Å². The number of nitrogens with zero attached hydrogens (tertiary/aromatic N) is 2. The van der Waals surface area contributed by atoms with Gasteiger partial charge in [0.25, 0.3) is 0 Å². The molecule has 6 nitrogen and oxygen atoms in total. The number of amides is 2. The average molecular weight is 395 g/mol. The van der Waals surface area contributed by atoms with Crippen LogP contribution in [0.15, 0.2) is 18.2 Å². The van der Waals surface area contributed by atoms with Crippen LogP contribution in [0.1, 0.15) is 38.1 Å². The van der Waals surface area contributed by atoms with Crippen molar-refractivity contribution in [1.82, 2.24) is 9.80 Å². The molecule has 0 saturated carbocycles. The molecule has 7 heteroatoms.